The second kappa shape index (κ2) is 38.7. The Labute approximate surface area is 753 Å². The number of nitrogens with one attached hydrogen (secondary N) is 3. The summed E-state index contributed by atoms with van der Waals surface area (Å²) in [5, 5.41) is 31.1. The fraction of sp³-hybridized carbons (Fsp3) is 0.444. The van der Waals surface area contributed by atoms with E-state index >= 15 is 0 Å². The van der Waals surface area contributed by atoms with Crippen molar-refractivity contribution in [2.45, 2.75) is 171 Å². The highest BCUT2D eigenvalue weighted by Gasteiger charge is 2.51. The Morgan fingerprint density at radius 3 is 1.23 bits per heavy atom. The average molecular weight is 1950 g/mol. The van der Waals surface area contributed by atoms with Gasteiger partial charge in [-0.2, -0.15) is 15.0 Å². The number of hydrogen-bond donors (Lipinski definition) is 8. The Bertz CT molecular complexity index is 6280. The van der Waals surface area contributed by atoms with E-state index in [0.717, 1.165) is 11.1 Å². The number of phosphoric ester groups is 3. The lowest BCUT2D eigenvalue weighted by Gasteiger charge is -2.40. The predicted molar refractivity (Wildman–Crippen MR) is 480 cm³/mol. The maximum absolute atomic E-state index is 13.7. The van der Waals surface area contributed by atoms with Gasteiger partial charge in [0.2, 0.25) is 17.8 Å². The monoisotopic (exact) mass is 1940 g/mol. The van der Waals surface area contributed by atoms with Crippen LogP contribution in [-0.4, -0.2) is 148 Å². The first-order valence-corrected chi connectivity index (χ1v) is 52.1. The molecule has 3 aliphatic carbocycles. The number of fused-ring (bicyclic) bond motifs is 3. The zero-order valence-electron chi connectivity index (χ0n) is 71.7. The fourth-order valence-electron chi connectivity index (χ4n) is 15.1. The number of phosphoric acid groups is 3. The second-order valence-electron chi connectivity index (χ2n) is 34.7. The van der Waals surface area contributed by atoms with Crippen molar-refractivity contribution in [3.63, 3.8) is 0 Å². The quantitative estimate of drug-likeness (QED) is 0.0115. The lowest BCUT2D eigenvalue weighted by molar-refractivity contribution is -0.384. The van der Waals surface area contributed by atoms with Crippen molar-refractivity contribution in [3.8, 4) is 5.75 Å². The van der Waals surface area contributed by atoms with Crippen molar-refractivity contribution < 1.29 is 91.6 Å². The largest absolute Gasteiger partial charge is 0.530 e. The van der Waals surface area contributed by atoms with Crippen LogP contribution in [0.3, 0.4) is 0 Å². The van der Waals surface area contributed by atoms with E-state index in [2.05, 4.69) is 132 Å². The maximum atomic E-state index is 13.7. The topological polar surface area (TPSA) is 505 Å². The number of halogens is 6. The number of hydrogen-bond acceptors (Lipinski definition) is 30. The number of benzene rings is 4. The van der Waals surface area contributed by atoms with E-state index < -0.39 is 110 Å². The van der Waals surface area contributed by atoms with E-state index in [-0.39, 0.29) is 164 Å². The molecule has 11 N–H and O–H groups in total. The summed E-state index contributed by atoms with van der Waals surface area (Å²) < 4.78 is 148. The average Bonchev–Trinajstić information content (AvgIpc) is 1.60. The van der Waals surface area contributed by atoms with Gasteiger partial charge in [0.1, 0.15) is 23.2 Å². The number of aliphatic hydroxyl groups is 2. The molecule has 0 bridgehead atoms. The van der Waals surface area contributed by atoms with Crippen LogP contribution in [0.4, 0.5) is 36.7 Å². The molecule has 3 aliphatic heterocycles. The molecule has 48 heteroatoms. The summed E-state index contributed by atoms with van der Waals surface area (Å²) in [6, 6.07) is 16.5. The third-order valence-electron chi connectivity index (χ3n) is 24.2. The lowest BCUT2D eigenvalue weighted by Crippen LogP contribution is -2.45. The molecule has 0 spiro atoms. The van der Waals surface area contributed by atoms with Gasteiger partial charge in [-0.3, -0.25) is 75.6 Å². The van der Waals surface area contributed by atoms with Crippen LogP contribution in [0.2, 0.25) is 51.3 Å². The highest BCUT2D eigenvalue weighted by Crippen LogP contribution is 2.61. The molecule has 0 amide bonds. The number of non-ortho nitro benzene ring substituents is 1. The molecule has 3 saturated carbocycles. The molecule has 6 fully saturated rings. The van der Waals surface area contributed by atoms with Gasteiger partial charge in [-0.15, -0.1) is 0 Å². The molecule has 4 aromatic carbocycles. The van der Waals surface area contributed by atoms with Gasteiger partial charge in [0.05, 0.1) is 133 Å². The van der Waals surface area contributed by atoms with Crippen LogP contribution in [-0.2, 0) is 58.7 Å². The maximum Gasteiger partial charge on any atom is 0.530 e. The van der Waals surface area contributed by atoms with Gasteiger partial charge in [0.15, 0.2) is 50.1 Å². The fourth-order valence-corrected chi connectivity index (χ4v) is 22.7. The Balaban J connectivity index is 0.000000150. The lowest BCUT2D eigenvalue weighted by atomic mass is 10.0. The van der Waals surface area contributed by atoms with E-state index in [4.69, 9.17) is 102 Å². The van der Waals surface area contributed by atoms with E-state index in [9.17, 15) is 61.6 Å². The highest BCUT2D eigenvalue weighted by molar-refractivity contribution is 7.49. The minimum Gasteiger partial charge on any atom is -0.413 e. The molecule has 0 radical (unpaired) electrons. The summed E-state index contributed by atoms with van der Waals surface area (Å²) in [5.41, 5.74) is 21.2. The van der Waals surface area contributed by atoms with Gasteiger partial charge < -0.3 is 54.5 Å². The zero-order valence-corrected chi connectivity index (χ0v) is 78.7. The van der Waals surface area contributed by atoms with Crippen LogP contribution in [0, 0.1) is 45.3 Å². The number of anilines is 3. The van der Waals surface area contributed by atoms with E-state index in [1.165, 1.54) is 85.2 Å². The van der Waals surface area contributed by atoms with E-state index in [0.29, 0.717) is 65.7 Å². The number of rotatable bonds is 20. The van der Waals surface area contributed by atoms with Crippen LogP contribution < -0.4 is 38.4 Å². The van der Waals surface area contributed by atoms with Gasteiger partial charge in [0.25, 0.3) is 22.4 Å². The zero-order chi connectivity index (χ0) is 93.7. The van der Waals surface area contributed by atoms with Crippen molar-refractivity contribution in [2.75, 3.05) is 56.8 Å². The molecular weight excluding hydrogens is 1850 g/mol. The number of nitro groups is 1. The molecule has 6 aromatic heterocycles. The normalized spacial score (nSPS) is 26.3. The molecule has 694 valence electrons. The van der Waals surface area contributed by atoms with Crippen LogP contribution in [0.15, 0.2) is 149 Å². The first-order chi connectivity index (χ1) is 60.6. The van der Waals surface area contributed by atoms with Crippen LogP contribution in [0.1, 0.15) is 133 Å². The SMILES string of the molecule is C=C1[C@H](CO)[C@@H](O[Si](C)(C)C(C)(C)C)C[C@@H]1n1cnc2c(=O)[nH]c(N)nc21.C=C1[C@H](CO[P@]2(=O)OCC[C@H](c3ccc(F)c(Cl)c3)O2)[C@@H](O)C[C@@H]1n1cnc2c(=O)[nH]c(N)nc21.C=C1[C@H](CO[P@]2(=O)OCC[C@H](c3ccc(F)c(Cl)c3)O2)[C@@H](O[Si](C)(C)C(C)(C)C)C[C@@H]1n1cnc2c(=O)[nH]c(N)nc21.O=[N+]([O-])c1ccc(OP2(=O)OCC[C@H](c3ccc(F)c(Cl)c3)O2)cc1. The van der Waals surface area contributed by atoms with Crippen molar-refractivity contribution in [1.82, 2.24) is 58.6 Å². The van der Waals surface area contributed by atoms with E-state index in [1.807, 2.05) is 4.57 Å². The first-order valence-electron chi connectivity index (χ1n) is 40.8. The molecule has 15 atom stereocenters. The number of imidazole rings is 3. The molecule has 129 heavy (non-hydrogen) atoms. The highest BCUT2D eigenvalue weighted by atomic mass is 35.5. The number of H-pyrrole nitrogens is 3. The number of nitrogens with zero attached hydrogens (tertiary/aromatic N) is 10. The summed E-state index contributed by atoms with van der Waals surface area (Å²) in [7, 11) is -16.2. The Kier molecular flexibility index (Phi) is 29.3. The van der Waals surface area contributed by atoms with Gasteiger partial charge in [0, 0.05) is 49.1 Å². The molecule has 3 saturated heterocycles. The molecule has 9 heterocycles. The van der Waals surface area contributed by atoms with Gasteiger partial charge in [-0.1, -0.05) is 114 Å². The van der Waals surface area contributed by atoms with E-state index in [1.54, 1.807) is 21.8 Å². The third kappa shape index (κ3) is 21.7. The molecule has 1 unspecified atom stereocenters. The van der Waals surface area contributed by atoms with Crippen molar-refractivity contribution in [2.24, 2.45) is 17.8 Å². The second-order valence-corrected chi connectivity index (χ2v) is 50.2. The summed E-state index contributed by atoms with van der Waals surface area (Å²) in [5.74, 6) is -2.78. The minimum atomic E-state index is -4.00. The summed E-state index contributed by atoms with van der Waals surface area (Å²) in [6.45, 7) is 34.5. The third-order valence-corrected chi connectivity index (χ3v) is 38.5. The first kappa shape index (κ1) is 97.6. The summed E-state index contributed by atoms with van der Waals surface area (Å²) in [4.78, 5) is 79.2. The van der Waals surface area contributed by atoms with Crippen molar-refractivity contribution >= 4 is 132 Å². The smallest absolute Gasteiger partial charge is 0.413 e. The van der Waals surface area contributed by atoms with Gasteiger partial charge in [-0.25, -0.2) is 41.8 Å². The number of nitrogens with two attached hydrogens (primary N) is 3. The Hall–Kier alpha value is -8.95. The Morgan fingerprint density at radius 2 is 0.876 bits per heavy atom. The van der Waals surface area contributed by atoms with Crippen LogP contribution in [0.25, 0.3) is 33.5 Å². The molecule has 16 rings (SSSR count). The van der Waals surface area contributed by atoms with Gasteiger partial charge in [-0.05, 0) is 137 Å². The molecule has 37 nitrogen and oxygen atoms in total. The number of aliphatic hydroxyl groups excluding tert-OH is 2. The predicted octanol–water partition coefficient (Wildman–Crippen LogP) is 16.8. The number of nitrogen functional groups attached to an aromatic ring is 3. The number of nitro benzene ring substituents is 1. The summed E-state index contributed by atoms with van der Waals surface area (Å²) >= 11 is 17.6. The number of aromatic nitrogens is 12. The van der Waals surface area contributed by atoms with Gasteiger partial charge >= 0.3 is 23.5 Å². The van der Waals surface area contributed by atoms with Crippen LogP contribution >= 0.6 is 58.3 Å². The minimum absolute atomic E-state index is 0.0199. The van der Waals surface area contributed by atoms with Crippen molar-refractivity contribution in [1.29, 1.82) is 0 Å². The molecule has 6 aliphatic rings. The Morgan fingerprint density at radius 1 is 0.543 bits per heavy atom. The molecule has 10 aromatic rings. The summed E-state index contributed by atoms with van der Waals surface area (Å²) in [6.07, 6.45) is 3.81. The standard InChI is InChI=1S/C27H36ClFN5O6PSi.C21H22ClFN5O6P.C18H29N5O3Si.C15H12ClFNO6P/c1-15-17(13-38-41(36)37-10-9-21(39-41)16-7-8-19(29)18(28)11-16)22(40-42(5,6)27(2,3)4)12-20(15)34-14-31-23-24(34)32-26(30)33-25(23)35;1-10-12(16(29)7-15(10)28-9-25-18-19(28)26-21(24)27-20(18)30)8-33-35(31)32-5-4-17(34-35)11-2-3-14(23)13(22)6-11;1-10-11(8-24)13(26-27(5,6)18(2,3)4)7-12(10)23-9-20-14-15(23)21-17(19)22-16(14)25;16-13-9-10(1-6-14(13)17)15-7-8-22-25(21,24-15)23-12-4-2-11(3-5-12)18(19)20/h7-8,11,14,17,20-22H,1,9-10,12-13H2,2-6H3,(H3,30,32,33,35);2-3,6,9,12,15-17,29H,1,4-5,7-8H2,(H3,24,26,27,30);9,11-13,24H,1,7-8H2,2-6H3,(H3,19,21,22,25);1-6,9,15H,7-8H2/t17-,20-,21+,22-,41-;12-,15-,16-,17+,35-;11-,12-,13-;15-,25?/m0001/s1. The molecular formula is C81H99Cl3F3N16O21P3Si2. The van der Waals surface area contributed by atoms with Crippen molar-refractivity contribution in [3.05, 3.63) is 225 Å². The number of aromatic amines is 3. The van der Waals surface area contributed by atoms with Crippen LogP contribution in [0.5, 0.6) is 5.75 Å².